The van der Waals surface area contributed by atoms with Crippen LogP contribution in [0.3, 0.4) is 0 Å². The first-order valence-electron chi connectivity index (χ1n) is 6.42. The maximum atomic E-state index is 13.5. The average Bonchev–Trinajstić information content (AvgIpc) is 2.40. The van der Waals surface area contributed by atoms with Crippen LogP contribution in [0.1, 0.15) is 30.0 Å². The number of benzene rings is 2. The van der Waals surface area contributed by atoms with Crippen LogP contribution < -0.4 is 5.73 Å². The molecule has 0 spiro atoms. The van der Waals surface area contributed by atoms with Crippen molar-refractivity contribution < 1.29 is 8.78 Å². The second kappa shape index (κ2) is 6.43. The van der Waals surface area contributed by atoms with Crippen molar-refractivity contribution in [1.29, 1.82) is 0 Å². The predicted octanol–water partition coefficient (Wildman–Crippen LogP) is 3.99. The molecule has 0 heterocycles. The molecule has 100 valence electrons. The monoisotopic (exact) mass is 261 g/mol. The van der Waals surface area contributed by atoms with Crippen molar-refractivity contribution in [2.24, 2.45) is 5.73 Å². The third-order valence-electron chi connectivity index (χ3n) is 3.19. The third-order valence-corrected chi connectivity index (χ3v) is 3.19. The molecule has 0 aliphatic rings. The van der Waals surface area contributed by atoms with Gasteiger partial charge in [-0.05, 0) is 37.0 Å². The van der Waals surface area contributed by atoms with Crippen molar-refractivity contribution in [1.82, 2.24) is 0 Å². The van der Waals surface area contributed by atoms with E-state index in [0.29, 0.717) is 6.42 Å². The van der Waals surface area contributed by atoms with E-state index in [1.165, 1.54) is 23.8 Å². The van der Waals surface area contributed by atoms with Crippen LogP contribution in [0.25, 0.3) is 0 Å². The summed E-state index contributed by atoms with van der Waals surface area (Å²) < 4.78 is 27.1. The van der Waals surface area contributed by atoms with Crippen LogP contribution in [-0.4, -0.2) is 0 Å². The Hall–Kier alpha value is -1.74. The standard InChI is InChI=1S/C16H17F2N/c17-13-9-5-10-14(18)16(13)15(19)11-4-8-12-6-2-1-3-7-12/h1-3,5-7,9-10,15H,4,8,11,19H2. The minimum Gasteiger partial charge on any atom is -0.324 e. The lowest BCUT2D eigenvalue weighted by atomic mass is 9.99. The van der Waals surface area contributed by atoms with Crippen molar-refractivity contribution in [3.8, 4) is 0 Å². The fourth-order valence-corrected chi connectivity index (χ4v) is 2.18. The van der Waals surface area contributed by atoms with Crippen LogP contribution in [0.4, 0.5) is 8.78 Å². The maximum absolute atomic E-state index is 13.5. The van der Waals surface area contributed by atoms with E-state index >= 15 is 0 Å². The minimum atomic E-state index is -0.593. The Morgan fingerprint density at radius 1 is 0.895 bits per heavy atom. The molecule has 1 nitrogen and oxygen atoms in total. The van der Waals surface area contributed by atoms with Crippen LogP contribution in [0.5, 0.6) is 0 Å². The van der Waals surface area contributed by atoms with E-state index in [1.54, 1.807) is 0 Å². The molecule has 0 amide bonds. The average molecular weight is 261 g/mol. The van der Waals surface area contributed by atoms with Crippen LogP contribution in [0, 0.1) is 11.6 Å². The quantitative estimate of drug-likeness (QED) is 0.865. The Labute approximate surface area is 112 Å². The first kappa shape index (κ1) is 13.7. The molecule has 2 rings (SSSR count). The second-order valence-electron chi connectivity index (χ2n) is 4.62. The summed E-state index contributed by atoms with van der Waals surface area (Å²) in [4.78, 5) is 0. The predicted molar refractivity (Wildman–Crippen MR) is 72.7 cm³/mol. The summed E-state index contributed by atoms with van der Waals surface area (Å²) in [5.41, 5.74) is 7.09. The molecule has 0 saturated carbocycles. The molecule has 19 heavy (non-hydrogen) atoms. The number of aryl methyl sites for hydroxylation is 1. The van der Waals surface area contributed by atoms with Gasteiger partial charge in [0.2, 0.25) is 0 Å². The molecule has 2 N–H and O–H groups in total. The van der Waals surface area contributed by atoms with Crippen LogP contribution in [0.2, 0.25) is 0 Å². The smallest absolute Gasteiger partial charge is 0.130 e. The van der Waals surface area contributed by atoms with E-state index in [2.05, 4.69) is 0 Å². The largest absolute Gasteiger partial charge is 0.324 e. The first-order chi connectivity index (χ1) is 9.18. The lowest BCUT2D eigenvalue weighted by molar-refractivity contribution is 0.504. The van der Waals surface area contributed by atoms with Gasteiger partial charge in [0.1, 0.15) is 11.6 Å². The van der Waals surface area contributed by atoms with E-state index in [-0.39, 0.29) is 5.56 Å². The molecule has 1 atom stereocenters. The van der Waals surface area contributed by atoms with Crippen molar-refractivity contribution in [2.75, 3.05) is 0 Å². The van der Waals surface area contributed by atoms with Gasteiger partial charge in [-0.2, -0.15) is 0 Å². The summed E-state index contributed by atoms with van der Waals surface area (Å²) in [6.07, 6.45) is 2.23. The lowest BCUT2D eigenvalue weighted by Gasteiger charge is -2.13. The Balaban J connectivity index is 1.93. The molecule has 0 aromatic heterocycles. The van der Waals surface area contributed by atoms with Crippen molar-refractivity contribution in [3.05, 3.63) is 71.3 Å². The molecule has 0 aliphatic heterocycles. The molecule has 0 aliphatic carbocycles. The number of nitrogens with two attached hydrogens (primary N) is 1. The van der Waals surface area contributed by atoms with Crippen LogP contribution in [-0.2, 0) is 6.42 Å². The second-order valence-corrected chi connectivity index (χ2v) is 4.62. The summed E-state index contributed by atoms with van der Waals surface area (Å²) >= 11 is 0. The van der Waals surface area contributed by atoms with Gasteiger partial charge in [-0.25, -0.2) is 8.78 Å². The van der Waals surface area contributed by atoms with Crippen molar-refractivity contribution >= 4 is 0 Å². The third kappa shape index (κ3) is 3.61. The van der Waals surface area contributed by atoms with E-state index in [0.717, 1.165) is 12.8 Å². The molecule has 1 unspecified atom stereocenters. The van der Waals surface area contributed by atoms with Crippen LogP contribution >= 0.6 is 0 Å². The van der Waals surface area contributed by atoms with Gasteiger partial charge < -0.3 is 5.73 Å². The van der Waals surface area contributed by atoms with E-state index < -0.39 is 17.7 Å². The highest BCUT2D eigenvalue weighted by atomic mass is 19.1. The summed E-state index contributed by atoms with van der Waals surface area (Å²) in [6, 6.07) is 13.2. The molecule has 2 aromatic carbocycles. The van der Waals surface area contributed by atoms with E-state index in [4.69, 9.17) is 5.73 Å². The summed E-state index contributed by atoms with van der Waals surface area (Å²) in [7, 11) is 0. The van der Waals surface area contributed by atoms with Gasteiger partial charge in [0.15, 0.2) is 0 Å². The molecule has 0 fully saturated rings. The van der Waals surface area contributed by atoms with Gasteiger partial charge in [0.25, 0.3) is 0 Å². The zero-order chi connectivity index (χ0) is 13.7. The molecule has 0 bridgehead atoms. The van der Waals surface area contributed by atoms with Crippen molar-refractivity contribution in [3.63, 3.8) is 0 Å². The van der Waals surface area contributed by atoms with Gasteiger partial charge in [-0.3, -0.25) is 0 Å². The number of hydrogen-bond acceptors (Lipinski definition) is 1. The molecule has 2 aromatic rings. The highest BCUT2D eigenvalue weighted by Gasteiger charge is 2.15. The van der Waals surface area contributed by atoms with Gasteiger partial charge >= 0.3 is 0 Å². The Morgan fingerprint density at radius 2 is 1.53 bits per heavy atom. The summed E-state index contributed by atoms with van der Waals surface area (Å²) in [5.74, 6) is -1.13. The van der Waals surface area contributed by atoms with Gasteiger partial charge in [0.05, 0.1) is 0 Å². The van der Waals surface area contributed by atoms with Crippen molar-refractivity contribution in [2.45, 2.75) is 25.3 Å². The molecular formula is C16H17F2N. The SMILES string of the molecule is NC(CCCc1ccccc1)c1c(F)cccc1F. The Morgan fingerprint density at radius 3 is 2.16 bits per heavy atom. The fraction of sp³-hybridized carbons (Fsp3) is 0.250. The summed E-state index contributed by atoms with van der Waals surface area (Å²) in [6.45, 7) is 0. The topological polar surface area (TPSA) is 26.0 Å². The minimum absolute atomic E-state index is 0.00411. The Kier molecular flexibility index (Phi) is 4.63. The number of hydrogen-bond donors (Lipinski definition) is 1. The molecule has 0 radical (unpaired) electrons. The van der Waals surface area contributed by atoms with Crippen LogP contribution in [0.15, 0.2) is 48.5 Å². The maximum Gasteiger partial charge on any atom is 0.130 e. The first-order valence-corrected chi connectivity index (χ1v) is 6.42. The lowest BCUT2D eigenvalue weighted by Crippen LogP contribution is -2.14. The highest BCUT2D eigenvalue weighted by molar-refractivity contribution is 5.23. The number of rotatable bonds is 5. The highest BCUT2D eigenvalue weighted by Crippen LogP contribution is 2.23. The Bertz CT molecular complexity index is 505. The van der Waals surface area contributed by atoms with Gasteiger partial charge in [0, 0.05) is 11.6 Å². The summed E-state index contributed by atoms with van der Waals surface area (Å²) in [5, 5.41) is 0. The molecule has 0 saturated heterocycles. The normalized spacial score (nSPS) is 12.4. The fourth-order valence-electron chi connectivity index (χ4n) is 2.18. The molecular weight excluding hydrogens is 244 g/mol. The number of halogens is 2. The zero-order valence-corrected chi connectivity index (χ0v) is 10.7. The van der Waals surface area contributed by atoms with Gasteiger partial charge in [-0.15, -0.1) is 0 Å². The van der Waals surface area contributed by atoms with E-state index in [9.17, 15) is 8.78 Å². The zero-order valence-electron chi connectivity index (χ0n) is 10.7. The van der Waals surface area contributed by atoms with E-state index in [1.807, 2.05) is 30.3 Å². The molecule has 3 heteroatoms. The van der Waals surface area contributed by atoms with Gasteiger partial charge in [-0.1, -0.05) is 36.4 Å².